The third-order valence-corrected chi connectivity index (χ3v) is 3.14. The lowest BCUT2D eigenvalue weighted by atomic mass is 10.2. The number of aromatic amines is 1. The summed E-state index contributed by atoms with van der Waals surface area (Å²) in [5.74, 6) is -0.153. The first-order valence-electron chi connectivity index (χ1n) is 7.35. The number of H-pyrrole nitrogens is 1. The van der Waals surface area contributed by atoms with E-state index in [2.05, 4.69) is 25.8 Å². The number of anilines is 1. The molecular formula is C15H21N5O2. The monoisotopic (exact) mass is 303 g/mol. The van der Waals surface area contributed by atoms with Gasteiger partial charge >= 0.3 is 0 Å². The first kappa shape index (κ1) is 15.9. The smallest absolute Gasteiger partial charge is 0.224 e. The molecule has 2 amide bonds. The van der Waals surface area contributed by atoms with Crippen molar-refractivity contribution in [2.24, 2.45) is 0 Å². The van der Waals surface area contributed by atoms with Crippen molar-refractivity contribution in [3.63, 3.8) is 0 Å². The molecule has 2 rings (SSSR count). The third kappa shape index (κ3) is 4.28. The lowest BCUT2D eigenvalue weighted by molar-refractivity contribution is -0.121. The first-order valence-corrected chi connectivity index (χ1v) is 7.35. The maximum Gasteiger partial charge on any atom is 0.224 e. The molecule has 3 N–H and O–H groups in total. The van der Waals surface area contributed by atoms with E-state index >= 15 is 0 Å². The Labute approximate surface area is 128 Å². The summed E-state index contributed by atoms with van der Waals surface area (Å²) in [7, 11) is 0. The number of fused-ring (bicyclic) bond motifs is 1. The van der Waals surface area contributed by atoms with Crippen LogP contribution in [0.15, 0.2) is 12.3 Å². The molecule has 0 aromatic carbocycles. The summed E-state index contributed by atoms with van der Waals surface area (Å²) in [6, 6.07) is 1.96. The number of hydrogen-bond acceptors (Lipinski definition) is 4. The van der Waals surface area contributed by atoms with Gasteiger partial charge in [-0.3, -0.25) is 14.7 Å². The summed E-state index contributed by atoms with van der Waals surface area (Å²) in [4.78, 5) is 27.5. The van der Waals surface area contributed by atoms with Gasteiger partial charge in [-0.25, -0.2) is 4.98 Å². The molecular weight excluding hydrogens is 282 g/mol. The summed E-state index contributed by atoms with van der Waals surface area (Å²) in [6.07, 6.45) is 2.74. The van der Waals surface area contributed by atoms with E-state index in [9.17, 15) is 9.59 Å². The molecule has 0 bridgehead atoms. The average Bonchev–Trinajstić information content (AvgIpc) is 2.79. The summed E-state index contributed by atoms with van der Waals surface area (Å²) in [5.41, 5.74) is 2.17. The molecule has 2 aromatic heterocycles. The number of hydrogen-bond donors (Lipinski definition) is 3. The van der Waals surface area contributed by atoms with Crippen molar-refractivity contribution in [1.82, 2.24) is 20.5 Å². The third-order valence-electron chi connectivity index (χ3n) is 3.14. The SMILES string of the molecule is Cc1[nH]nc2ncc(NC(=O)CCCC(=O)NC(C)C)cc12. The number of rotatable bonds is 6. The Morgan fingerprint density at radius 2 is 2.00 bits per heavy atom. The summed E-state index contributed by atoms with van der Waals surface area (Å²) in [5, 5.41) is 13.4. The minimum Gasteiger partial charge on any atom is -0.354 e. The van der Waals surface area contributed by atoms with E-state index in [-0.39, 0.29) is 17.9 Å². The highest BCUT2D eigenvalue weighted by molar-refractivity contribution is 5.93. The van der Waals surface area contributed by atoms with E-state index in [1.54, 1.807) is 6.20 Å². The summed E-state index contributed by atoms with van der Waals surface area (Å²) >= 11 is 0. The fraction of sp³-hybridized carbons (Fsp3) is 0.467. The Kier molecular flexibility index (Phi) is 5.08. The lowest BCUT2D eigenvalue weighted by Crippen LogP contribution is -2.30. The maximum absolute atomic E-state index is 11.9. The molecule has 0 radical (unpaired) electrons. The zero-order valence-electron chi connectivity index (χ0n) is 13.1. The number of carbonyl (C=O) groups is 2. The molecule has 0 saturated heterocycles. The van der Waals surface area contributed by atoms with E-state index in [4.69, 9.17) is 0 Å². The van der Waals surface area contributed by atoms with Gasteiger partial charge in [-0.15, -0.1) is 0 Å². The van der Waals surface area contributed by atoms with Crippen LogP contribution in [-0.2, 0) is 9.59 Å². The molecule has 7 heteroatoms. The van der Waals surface area contributed by atoms with Crippen LogP contribution in [-0.4, -0.2) is 33.0 Å². The van der Waals surface area contributed by atoms with Crippen LogP contribution in [0.25, 0.3) is 11.0 Å². The second-order valence-electron chi connectivity index (χ2n) is 5.57. The van der Waals surface area contributed by atoms with E-state index < -0.39 is 0 Å². The van der Waals surface area contributed by atoms with E-state index in [1.165, 1.54) is 0 Å². The topological polar surface area (TPSA) is 99.8 Å². The van der Waals surface area contributed by atoms with Crippen molar-refractivity contribution < 1.29 is 9.59 Å². The van der Waals surface area contributed by atoms with Crippen LogP contribution in [0.2, 0.25) is 0 Å². The molecule has 0 unspecified atom stereocenters. The van der Waals surface area contributed by atoms with Crippen molar-refractivity contribution >= 4 is 28.5 Å². The zero-order chi connectivity index (χ0) is 16.1. The van der Waals surface area contributed by atoms with E-state index in [0.717, 1.165) is 11.1 Å². The van der Waals surface area contributed by atoms with E-state index in [0.29, 0.717) is 30.6 Å². The second-order valence-corrected chi connectivity index (χ2v) is 5.57. The minimum absolute atomic E-state index is 0.0279. The number of amides is 2. The van der Waals surface area contributed by atoms with Gasteiger partial charge in [-0.05, 0) is 33.3 Å². The molecule has 0 fully saturated rings. The minimum atomic E-state index is -0.125. The van der Waals surface area contributed by atoms with Gasteiger partial charge in [0.1, 0.15) is 0 Å². The molecule has 0 aliphatic carbocycles. The van der Waals surface area contributed by atoms with Gasteiger partial charge in [-0.1, -0.05) is 0 Å². The van der Waals surface area contributed by atoms with Gasteiger partial charge < -0.3 is 10.6 Å². The fourth-order valence-corrected chi connectivity index (χ4v) is 2.12. The average molecular weight is 303 g/mol. The van der Waals surface area contributed by atoms with Crippen LogP contribution in [0.4, 0.5) is 5.69 Å². The largest absolute Gasteiger partial charge is 0.354 e. The molecule has 7 nitrogen and oxygen atoms in total. The van der Waals surface area contributed by atoms with Gasteiger partial charge in [-0.2, -0.15) is 5.10 Å². The zero-order valence-corrected chi connectivity index (χ0v) is 13.1. The molecule has 2 heterocycles. The number of nitrogens with zero attached hydrogens (tertiary/aromatic N) is 2. The van der Waals surface area contributed by atoms with Crippen LogP contribution >= 0.6 is 0 Å². The molecule has 2 aromatic rings. The molecule has 0 saturated carbocycles. The summed E-state index contributed by atoms with van der Waals surface area (Å²) in [6.45, 7) is 5.72. The molecule has 0 aliphatic rings. The number of carbonyl (C=O) groups excluding carboxylic acids is 2. The van der Waals surface area contributed by atoms with Gasteiger partial charge in [0.2, 0.25) is 11.8 Å². The van der Waals surface area contributed by atoms with Crippen molar-refractivity contribution in [3.8, 4) is 0 Å². The number of aromatic nitrogens is 3. The fourth-order valence-electron chi connectivity index (χ4n) is 2.12. The van der Waals surface area contributed by atoms with Crippen molar-refractivity contribution in [1.29, 1.82) is 0 Å². The molecule has 22 heavy (non-hydrogen) atoms. The maximum atomic E-state index is 11.9. The summed E-state index contributed by atoms with van der Waals surface area (Å²) < 4.78 is 0. The predicted octanol–water partition coefficient (Wildman–Crippen LogP) is 1.90. The standard InChI is InChI=1S/C15H21N5O2/c1-9(2)17-13(21)5-4-6-14(22)18-11-7-12-10(3)19-20-15(12)16-8-11/h7-9H,4-6H2,1-3H3,(H,17,21)(H,18,22)(H,16,19,20). The second kappa shape index (κ2) is 7.02. The van der Waals surface area contributed by atoms with Gasteiger partial charge in [0, 0.05) is 30.0 Å². The predicted molar refractivity (Wildman–Crippen MR) is 84.4 cm³/mol. The Morgan fingerprint density at radius 3 is 2.73 bits per heavy atom. The Hall–Kier alpha value is -2.44. The normalized spacial score (nSPS) is 10.9. The van der Waals surface area contributed by atoms with Gasteiger partial charge in [0.25, 0.3) is 0 Å². The Balaban J connectivity index is 1.83. The Bertz CT molecular complexity index is 678. The van der Waals surface area contributed by atoms with Gasteiger partial charge in [0.05, 0.1) is 11.9 Å². The van der Waals surface area contributed by atoms with Crippen molar-refractivity contribution in [2.45, 2.75) is 46.1 Å². The first-order chi connectivity index (χ1) is 10.5. The van der Waals surface area contributed by atoms with Crippen LogP contribution in [0.5, 0.6) is 0 Å². The number of nitrogens with one attached hydrogen (secondary N) is 3. The number of aryl methyl sites for hydroxylation is 1. The molecule has 0 spiro atoms. The highest BCUT2D eigenvalue weighted by Crippen LogP contribution is 2.17. The van der Waals surface area contributed by atoms with Crippen LogP contribution < -0.4 is 10.6 Å². The molecule has 118 valence electrons. The van der Waals surface area contributed by atoms with Gasteiger partial charge in [0.15, 0.2) is 5.65 Å². The highest BCUT2D eigenvalue weighted by atomic mass is 16.2. The highest BCUT2D eigenvalue weighted by Gasteiger charge is 2.08. The van der Waals surface area contributed by atoms with Crippen LogP contribution in [0.1, 0.15) is 38.8 Å². The number of pyridine rings is 1. The Morgan fingerprint density at radius 1 is 1.27 bits per heavy atom. The van der Waals surface area contributed by atoms with Crippen LogP contribution in [0, 0.1) is 6.92 Å². The quantitative estimate of drug-likeness (QED) is 0.758. The lowest BCUT2D eigenvalue weighted by Gasteiger charge is -2.08. The molecule has 0 atom stereocenters. The van der Waals surface area contributed by atoms with Crippen LogP contribution in [0.3, 0.4) is 0 Å². The van der Waals surface area contributed by atoms with Crippen molar-refractivity contribution in [2.75, 3.05) is 5.32 Å². The van der Waals surface area contributed by atoms with E-state index in [1.807, 2.05) is 26.8 Å². The van der Waals surface area contributed by atoms with Crippen molar-refractivity contribution in [3.05, 3.63) is 18.0 Å². The molecule has 0 aliphatic heterocycles.